The number of ether oxygens (including phenoxy) is 1. The zero-order valence-corrected chi connectivity index (χ0v) is 10.1. The van der Waals surface area contributed by atoms with Crippen LogP contribution in [-0.2, 0) is 4.74 Å². The molecule has 0 radical (unpaired) electrons. The van der Waals surface area contributed by atoms with Crippen LogP contribution in [0.25, 0.3) is 0 Å². The molecule has 1 amide bonds. The third kappa shape index (κ3) is 1.82. The number of carbonyl (C=O) groups excluding carboxylic acids is 1. The molecule has 1 heterocycles. The van der Waals surface area contributed by atoms with Crippen LogP contribution < -0.4 is 0 Å². The zero-order valence-electron chi connectivity index (χ0n) is 10.1. The number of carbonyl (C=O) groups is 1. The summed E-state index contributed by atoms with van der Waals surface area (Å²) >= 11 is 0. The van der Waals surface area contributed by atoms with Crippen molar-refractivity contribution in [1.82, 2.24) is 4.90 Å². The number of aliphatic hydroxyl groups excluding tert-OH is 1. The van der Waals surface area contributed by atoms with Crippen LogP contribution in [0.15, 0.2) is 12.2 Å². The summed E-state index contributed by atoms with van der Waals surface area (Å²) < 4.78 is 5.34. The lowest BCUT2D eigenvalue weighted by Crippen LogP contribution is -2.50. The minimum absolute atomic E-state index is 0.0285. The van der Waals surface area contributed by atoms with Crippen molar-refractivity contribution in [3.63, 3.8) is 0 Å². The van der Waals surface area contributed by atoms with Gasteiger partial charge in [-0.25, -0.2) is 4.79 Å². The molecule has 0 aromatic rings. The first-order valence-electron chi connectivity index (χ1n) is 5.67. The van der Waals surface area contributed by atoms with Gasteiger partial charge in [-0.15, -0.1) is 0 Å². The number of rotatable bonds is 1. The molecular formula is C12H19NO3. The van der Waals surface area contributed by atoms with E-state index in [1.165, 1.54) is 0 Å². The fraction of sp³-hybridized carbons (Fsp3) is 0.750. The zero-order chi connectivity index (χ0) is 12.0. The number of hydrogen-bond donors (Lipinski definition) is 1. The van der Waals surface area contributed by atoms with Gasteiger partial charge in [0.25, 0.3) is 0 Å². The summed E-state index contributed by atoms with van der Waals surface area (Å²) in [6, 6.07) is 0. The van der Waals surface area contributed by atoms with E-state index in [-0.39, 0.29) is 12.7 Å². The summed E-state index contributed by atoms with van der Waals surface area (Å²) in [5, 5.41) is 9.46. The van der Waals surface area contributed by atoms with Crippen LogP contribution in [0, 0.1) is 5.92 Å². The fourth-order valence-corrected chi connectivity index (χ4v) is 2.42. The van der Waals surface area contributed by atoms with Gasteiger partial charge in [0.2, 0.25) is 0 Å². The third-order valence-electron chi connectivity index (χ3n) is 3.14. The summed E-state index contributed by atoms with van der Waals surface area (Å²) in [4.78, 5) is 13.6. The van der Waals surface area contributed by atoms with Gasteiger partial charge in [0.1, 0.15) is 5.60 Å². The van der Waals surface area contributed by atoms with Crippen molar-refractivity contribution in [2.24, 2.45) is 5.92 Å². The van der Waals surface area contributed by atoms with Crippen LogP contribution in [0.3, 0.4) is 0 Å². The molecule has 0 unspecified atom stereocenters. The van der Waals surface area contributed by atoms with E-state index < -0.39 is 11.1 Å². The molecule has 4 nitrogen and oxygen atoms in total. The molecule has 1 aliphatic heterocycles. The molecule has 2 bridgehead atoms. The Bertz CT molecular complexity index is 332. The highest BCUT2D eigenvalue weighted by molar-refractivity contribution is 5.71. The van der Waals surface area contributed by atoms with Crippen LogP contribution in [0.4, 0.5) is 4.79 Å². The predicted molar refractivity (Wildman–Crippen MR) is 60.0 cm³/mol. The van der Waals surface area contributed by atoms with E-state index >= 15 is 0 Å². The second-order valence-corrected chi connectivity index (χ2v) is 5.68. The standard InChI is InChI=1S/C12H19NO3/c1-11(2,3)16-10(15)13-7-9-4-5-12(13,6-9)8-14/h4-5,9,14H,6-8H2,1-3H3/t9-,12+/m1/s1. The average Bonchev–Trinajstić information content (AvgIpc) is 2.72. The van der Waals surface area contributed by atoms with Gasteiger partial charge in [-0.05, 0) is 33.1 Å². The SMILES string of the molecule is CC(C)(C)OC(=O)N1C[C@@H]2C=C[C@@]1(CO)C2. The smallest absolute Gasteiger partial charge is 0.411 e. The van der Waals surface area contributed by atoms with E-state index in [1.807, 2.05) is 26.8 Å². The van der Waals surface area contributed by atoms with Crippen molar-refractivity contribution in [3.8, 4) is 0 Å². The number of aliphatic hydroxyl groups is 1. The van der Waals surface area contributed by atoms with Gasteiger partial charge in [0.15, 0.2) is 0 Å². The highest BCUT2D eigenvalue weighted by Crippen LogP contribution is 2.41. The van der Waals surface area contributed by atoms with Gasteiger partial charge in [-0.3, -0.25) is 4.90 Å². The molecule has 4 heteroatoms. The maximum absolute atomic E-state index is 12.0. The van der Waals surface area contributed by atoms with Crippen molar-refractivity contribution < 1.29 is 14.6 Å². The normalized spacial score (nSPS) is 32.2. The number of hydrogen-bond acceptors (Lipinski definition) is 3. The Morgan fingerprint density at radius 3 is 2.81 bits per heavy atom. The maximum atomic E-state index is 12.0. The first-order valence-corrected chi connectivity index (χ1v) is 5.67. The molecule has 0 saturated carbocycles. The number of fused-ring (bicyclic) bond motifs is 2. The molecule has 1 N–H and O–H groups in total. The topological polar surface area (TPSA) is 49.8 Å². The Kier molecular flexibility index (Phi) is 2.49. The van der Waals surface area contributed by atoms with E-state index in [2.05, 4.69) is 6.08 Å². The molecule has 2 atom stereocenters. The molecule has 16 heavy (non-hydrogen) atoms. The van der Waals surface area contributed by atoms with Crippen LogP contribution in [0.5, 0.6) is 0 Å². The summed E-state index contributed by atoms with van der Waals surface area (Å²) in [6.07, 6.45) is 4.51. The van der Waals surface area contributed by atoms with Crippen LogP contribution >= 0.6 is 0 Å². The van der Waals surface area contributed by atoms with E-state index in [1.54, 1.807) is 4.90 Å². The third-order valence-corrected chi connectivity index (χ3v) is 3.14. The lowest BCUT2D eigenvalue weighted by molar-refractivity contribution is 0.00528. The lowest BCUT2D eigenvalue weighted by Gasteiger charge is -2.35. The molecule has 0 aromatic heterocycles. The lowest BCUT2D eigenvalue weighted by atomic mass is 10.0. The Labute approximate surface area is 95.9 Å². The Balaban J connectivity index is 2.11. The van der Waals surface area contributed by atoms with Crippen molar-refractivity contribution in [2.75, 3.05) is 13.2 Å². The van der Waals surface area contributed by atoms with E-state index in [0.717, 1.165) is 6.42 Å². The number of amides is 1. The highest BCUT2D eigenvalue weighted by atomic mass is 16.6. The van der Waals surface area contributed by atoms with Crippen LogP contribution in [0.2, 0.25) is 0 Å². The molecule has 90 valence electrons. The van der Waals surface area contributed by atoms with Gasteiger partial charge in [0.05, 0.1) is 12.1 Å². The number of nitrogens with zero attached hydrogens (tertiary/aromatic N) is 1. The molecule has 0 spiro atoms. The van der Waals surface area contributed by atoms with E-state index in [9.17, 15) is 9.90 Å². The minimum Gasteiger partial charge on any atom is -0.444 e. The van der Waals surface area contributed by atoms with Crippen molar-refractivity contribution in [2.45, 2.75) is 38.3 Å². The fourth-order valence-electron chi connectivity index (χ4n) is 2.42. The molecule has 1 aliphatic carbocycles. The summed E-state index contributed by atoms with van der Waals surface area (Å²) in [5.41, 5.74) is -0.994. The summed E-state index contributed by atoms with van der Waals surface area (Å²) in [5.74, 6) is 0.375. The van der Waals surface area contributed by atoms with E-state index in [4.69, 9.17) is 4.74 Å². The first kappa shape index (κ1) is 11.5. The largest absolute Gasteiger partial charge is 0.444 e. The van der Waals surface area contributed by atoms with Gasteiger partial charge >= 0.3 is 6.09 Å². The summed E-state index contributed by atoms with van der Waals surface area (Å²) in [6.45, 7) is 6.17. The molecule has 2 rings (SSSR count). The number of likely N-dealkylation sites (tertiary alicyclic amines) is 1. The van der Waals surface area contributed by atoms with Gasteiger partial charge in [0, 0.05) is 6.54 Å². The van der Waals surface area contributed by atoms with Crippen LogP contribution in [-0.4, -0.2) is 40.4 Å². The second kappa shape index (κ2) is 3.48. The molecule has 1 fully saturated rings. The first-order chi connectivity index (χ1) is 7.36. The van der Waals surface area contributed by atoms with Gasteiger partial charge in [-0.2, -0.15) is 0 Å². The Morgan fingerprint density at radius 2 is 2.31 bits per heavy atom. The van der Waals surface area contributed by atoms with Crippen LogP contribution in [0.1, 0.15) is 27.2 Å². The summed E-state index contributed by atoms with van der Waals surface area (Å²) in [7, 11) is 0. The maximum Gasteiger partial charge on any atom is 0.411 e. The second-order valence-electron chi connectivity index (χ2n) is 5.68. The quantitative estimate of drug-likeness (QED) is 0.689. The molecular weight excluding hydrogens is 206 g/mol. The van der Waals surface area contributed by atoms with Crippen molar-refractivity contribution >= 4 is 6.09 Å². The van der Waals surface area contributed by atoms with Crippen molar-refractivity contribution in [3.05, 3.63) is 12.2 Å². The van der Waals surface area contributed by atoms with Crippen molar-refractivity contribution in [1.29, 1.82) is 0 Å². The van der Waals surface area contributed by atoms with Gasteiger partial charge in [-0.1, -0.05) is 12.2 Å². The van der Waals surface area contributed by atoms with E-state index in [0.29, 0.717) is 12.5 Å². The molecule has 0 aromatic carbocycles. The average molecular weight is 225 g/mol. The predicted octanol–water partition coefficient (Wildman–Crippen LogP) is 1.54. The Morgan fingerprint density at radius 1 is 1.62 bits per heavy atom. The Hall–Kier alpha value is -1.03. The molecule has 1 saturated heterocycles. The highest BCUT2D eigenvalue weighted by Gasteiger charge is 2.50. The minimum atomic E-state index is -0.507. The monoisotopic (exact) mass is 225 g/mol. The van der Waals surface area contributed by atoms with Gasteiger partial charge < -0.3 is 9.84 Å². The molecule has 2 aliphatic rings.